The van der Waals surface area contributed by atoms with E-state index in [2.05, 4.69) is 16.4 Å². The highest BCUT2D eigenvalue weighted by Gasteiger charge is 2.12. The van der Waals surface area contributed by atoms with Crippen molar-refractivity contribution < 1.29 is 0 Å². The van der Waals surface area contributed by atoms with Gasteiger partial charge in [-0.05, 0) is 26.2 Å². The van der Waals surface area contributed by atoms with E-state index < -0.39 is 0 Å². The summed E-state index contributed by atoms with van der Waals surface area (Å²) in [6.45, 7) is 2.81. The van der Waals surface area contributed by atoms with Crippen LogP contribution in [0.25, 0.3) is 0 Å². The lowest BCUT2D eigenvalue weighted by Gasteiger charge is -2.23. The van der Waals surface area contributed by atoms with Gasteiger partial charge in [-0.1, -0.05) is 31.4 Å². The maximum Gasteiger partial charge on any atom is 0.188 e. The molecule has 1 fully saturated rings. The van der Waals surface area contributed by atoms with Crippen LogP contribution in [0.3, 0.4) is 0 Å². The molecule has 1 aliphatic carbocycles. The number of nitrogens with zero attached hydrogens (tertiary/aromatic N) is 1. The molecule has 1 rings (SSSR count). The molecular weight excluding hydrogens is 313 g/mol. The number of aliphatic imine (C=N–C) groups is 1. The van der Waals surface area contributed by atoms with Crippen LogP contribution in [-0.4, -0.2) is 18.5 Å². The number of guanidine groups is 1. The molecule has 94 valence electrons. The van der Waals surface area contributed by atoms with Crippen molar-refractivity contribution in [3.63, 3.8) is 0 Å². The lowest BCUT2D eigenvalue weighted by molar-refractivity contribution is 0.412. The third-order valence-electron chi connectivity index (χ3n) is 2.77. The molecule has 0 heterocycles. The monoisotopic (exact) mass is 337 g/mol. The first-order chi connectivity index (χ1) is 7.33. The number of nitrogens with two attached hydrogens (primary N) is 1. The molecule has 0 aromatic rings. The third-order valence-corrected chi connectivity index (χ3v) is 2.77. The SMILES string of the molecule is CC=CCCN=C(N)NC1CCCCC1.I. The molecule has 0 bridgehead atoms. The summed E-state index contributed by atoms with van der Waals surface area (Å²) in [5, 5.41) is 3.30. The molecule has 0 unspecified atom stereocenters. The molecule has 16 heavy (non-hydrogen) atoms. The Morgan fingerprint density at radius 1 is 1.38 bits per heavy atom. The Kier molecular flexibility index (Phi) is 9.77. The summed E-state index contributed by atoms with van der Waals surface area (Å²) < 4.78 is 0. The average molecular weight is 337 g/mol. The van der Waals surface area contributed by atoms with Gasteiger partial charge in [0.05, 0.1) is 0 Å². The molecule has 0 aromatic heterocycles. The van der Waals surface area contributed by atoms with Crippen LogP contribution >= 0.6 is 24.0 Å². The van der Waals surface area contributed by atoms with Crippen LogP contribution in [0.2, 0.25) is 0 Å². The highest BCUT2D eigenvalue weighted by Crippen LogP contribution is 2.16. The first-order valence-electron chi connectivity index (χ1n) is 6.00. The molecule has 4 heteroatoms. The van der Waals surface area contributed by atoms with Crippen LogP contribution in [0.5, 0.6) is 0 Å². The second-order valence-corrected chi connectivity index (χ2v) is 4.10. The van der Waals surface area contributed by atoms with E-state index in [4.69, 9.17) is 5.73 Å². The average Bonchev–Trinajstić information content (AvgIpc) is 2.26. The minimum Gasteiger partial charge on any atom is -0.370 e. The summed E-state index contributed by atoms with van der Waals surface area (Å²) in [5.41, 5.74) is 5.80. The molecule has 1 saturated carbocycles. The normalized spacial score (nSPS) is 18.4. The zero-order chi connectivity index (χ0) is 10.9. The zero-order valence-electron chi connectivity index (χ0n) is 10.1. The van der Waals surface area contributed by atoms with Gasteiger partial charge in [0.15, 0.2) is 5.96 Å². The fourth-order valence-electron chi connectivity index (χ4n) is 1.93. The second-order valence-electron chi connectivity index (χ2n) is 4.10. The molecule has 1 aliphatic rings. The van der Waals surface area contributed by atoms with E-state index in [-0.39, 0.29) is 24.0 Å². The van der Waals surface area contributed by atoms with Gasteiger partial charge in [0.25, 0.3) is 0 Å². The van der Waals surface area contributed by atoms with Gasteiger partial charge in [-0.2, -0.15) is 0 Å². The minimum absolute atomic E-state index is 0. The number of hydrogen-bond donors (Lipinski definition) is 2. The maximum atomic E-state index is 5.80. The molecule has 0 aromatic carbocycles. The van der Waals surface area contributed by atoms with Crippen molar-refractivity contribution in [2.75, 3.05) is 6.54 Å². The van der Waals surface area contributed by atoms with Gasteiger partial charge < -0.3 is 11.1 Å². The topological polar surface area (TPSA) is 50.4 Å². The van der Waals surface area contributed by atoms with Crippen LogP contribution in [0.4, 0.5) is 0 Å². The van der Waals surface area contributed by atoms with Crippen LogP contribution in [-0.2, 0) is 0 Å². The van der Waals surface area contributed by atoms with Crippen molar-refractivity contribution in [1.29, 1.82) is 0 Å². The molecular formula is C12H24IN3. The lowest BCUT2D eigenvalue weighted by Crippen LogP contribution is -2.41. The maximum absolute atomic E-state index is 5.80. The van der Waals surface area contributed by atoms with Crippen LogP contribution < -0.4 is 11.1 Å². The molecule has 0 spiro atoms. The smallest absolute Gasteiger partial charge is 0.188 e. The number of allylic oxidation sites excluding steroid dienone is 1. The lowest BCUT2D eigenvalue weighted by atomic mass is 9.96. The van der Waals surface area contributed by atoms with Gasteiger partial charge in [-0.25, -0.2) is 0 Å². The number of nitrogens with one attached hydrogen (secondary N) is 1. The van der Waals surface area contributed by atoms with Gasteiger partial charge in [-0.15, -0.1) is 24.0 Å². The molecule has 0 aliphatic heterocycles. The van der Waals surface area contributed by atoms with Crippen LogP contribution in [0, 0.1) is 0 Å². The van der Waals surface area contributed by atoms with Gasteiger partial charge in [0.2, 0.25) is 0 Å². The van der Waals surface area contributed by atoms with E-state index in [9.17, 15) is 0 Å². The summed E-state index contributed by atoms with van der Waals surface area (Å²) in [6.07, 6.45) is 11.6. The summed E-state index contributed by atoms with van der Waals surface area (Å²) in [4.78, 5) is 4.29. The van der Waals surface area contributed by atoms with Gasteiger partial charge >= 0.3 is 0 Å². The Balaban J connectivity index is 0.00000225. The van der Waals surface area contributed by atoms with E-state index >= 15 is 0 Å². The fourth-order valence-corrected chi connectivity index (χ4v) is 1.93. The van der Waals surface area contributed by atoms with Crippen molar-refractivity contribution in [1.82, 2.24) is 5.32 Å². The summed E-state index contributed by atoms with van der Waals surface area (Å²) in [5.74, 6) is 0.617. The largest absolute Gasteiger partial charge is 0.370 e. The molecule has 0 saturated heterocycles. The number of rotatable bonds is 4. The van der Waals surface area contributed by atoms with Crippen molar-refractivity contribution >= 4 is 29.9 Å². The third kappa shape index (κ3) is 7.09. The standard InChI is InChI=1S/C12H23N3.HI/c1-2-3-7-10-14-12(13)15-11-8-5-4-6-9-11;/h2-3,11H,4-10H2,1H3,(H3,13,14,15);1H. The van der Waals surface area contributed by atoms with E-state index in [1.165, 1.54) is 32.1 Å². The van der Waals surface area contributed by atoms with Crippen LogP contribution in [0.15, 0.2) is 17.1 Å². The Morgan fingerprint density at radius 3 is 2.69 bits per heavy atom. The summed E-state index contributed by atoms with van der Waals surface area (Å²) >= 11 is 0. The Morgan fingerprint density at radius 2 is 2.06 bits per heavy atom. The Labute approximate surface area is 116 Å². The van der Waals surface area contributed by atoms with Gasteiger partial charge in [0.1, 0.15) is 0 Å². The number of hydrogen-bond acceptors (Lipinski definition) is 1. The molecule has 0 atom stereocenters. The first kappa shape index (κ1) is 15.7. The van der Waals surface area contributed by atoms with E-state index in [0.29, 0.717) is 12.0 Å². The van der Waals surface area contributed by atoms with Crippen LogP contribution in [0.1, 0.15) is 45.4 Å². The van der Waals surface area contributed by atoms with Crippen molar-refractivity contribution in [3.05, 3.63) is 12.2 Å². The molecule has 0 amide bonds. The first-order valence-corrected chi connectivity index (χ1v) is 6.00. The molecule has 3 N–H and O–H groups in total. The fraction of sp³-hybridized carbons (Fsp3) is 0.750. The van der Waals surface area contributed by atoms with E-state index in [1.54, 1.807) is 0 Å². The van der Waals surface area contributed by atoms with E-state index in [1.807, 2.05) is 13.0 Å². The molecule has 0 radical (unpaired) electrons. The van der Waals surface area contributed by atoms with Crippen molar-refractivity contribution in [3.8, 4) is 0 Å². The zero-order valence-corrected chi connectivity index (χ0v) is 12.4. The van der Waals surface area contributed by atoms with Crippen molar-refractivity contribution in [2.45, 2.75) is 51.5 Å². The predicted octanol–water partition coefficient (Wildman–Crippen LogP) is 2.81. The highest BCUT2D eigenvalue weighted by molar-refractivity contribution is 14.0. The Hall–Kier alpha value is -0.260. The Bertz CT molecular complexity index is 220. The number of halogens is 1. The van der Waals surface area contributed by atoms with Crippen molar-refractivity contribution in [2.24, 2.45) is 10.7 Å². The quantitative estimate of drug-likeness (QED) is 0.272. The molecule has 3 nitrogen and oxygen atoms in total. The highest BCUT2D eigenvalue weighted by atomic mass is 127. The summed E-state index contributed by atoms with van der Waals surface area (Å²) in [6, 6.07) is 0.559. The minimum atomic E-state index is 0. The predicted molar refractivity (Wildman–Crippen MR) is 81.3 cm³/mol. The second kappa shape index (κ2) is 9.93. The summed E-state index contributed by atoms with van der Waals surface area (Å²) in [7, 11) is 0. The van der Waals surface area contributed by atoms with Gasteiger partial charge in [-0.3, -0.25) is 4.99 Å². The van der Waals surface area contributed by atoms with E-state index in [0.717, 1.165) is 13.0 Å². The van der Waals surface area contributed by atoms with Gasteiger partial charge in [0, 0.05) is 12.6 Å².